The van der Waals surface area contributed by atoms with Gasteiger partial charge in [-0.1, -0.05) is 42.7 Å². The number of hydrogen-bond donors (Lipinski definition) is 1. The van der Waals surface area contributed by atoms with Crippen LogP contribution in [0.15, 0.2) is 48.5 Å². The molecule has 0 aromatic heterocycles. The lowest BCUT2D eigenvalue weighted by Crippen LogP contribution is -2.24. The number of hydrogen-bond acceptors (Lipinski definition) is 2. The van der Waals surface area contributed by atoms with Crippen LogP contribution in [0.2, 0.25) is 0 Å². The number of benzene rings is 2. The first-order chi connectivity index (χ1) is 11.7. The Bertz CT molecular complexity index is 653. The Kier molecular flexibility index (Phi) is 5.65. The fourth-order valence-electron chi connectivity index (χ4n) is 3.15. The van der Waals surface area contributed by atoms with Gasteiger partial charge in [0.1, 0.15) is 0 Å². The van der Waals surface area contributed by atoms with Crippen LogP contribution < -0.4 is 5.32 Å². The molecule has 1 fully saturated rings. The predicted octanol–water partition coefficient (Wildman–Crippen LogP) is 4.62. The zero-order valence-corrected chi connectivity index (χ0v) is 14.4. The van der Waals surface area contributed by atoms with Gasteiger partial charge in [0.2, 0.25) is 0 Å². The van der Waals surface area contributed by atoms with Crippen molar-refractivity contribution in [3.63, 3.8) is 0 Å². The van der Waals surface area contributed by atoms with Crippen LogP contribution in [0.1, 0.15) is 47.2 Å². The van der Waals surface area contributed by atoms with Gasteiger partial charge in [-0.25, -0.2) is 0 Å². The molecule has 0 bridgehead atoms. The number of anilines is 1. The molecule has 1 aliphatic rings. The second-order valence-electron chi connectivity index (χ2n) is 6.71. The maximum absolute atomic E-state index is 12.3. The van der Waals surface area contributed by atoms with Crippen LogP contribution in [-0.4, -0.2) is 23.9 Å². The minimum absolute atomic E-state index is 0.0554. The van der Waals surface area contributed by atoms with Crippen molar-refractivity contribution in [3.05, 3.63) is 65.2 Å². The van der Waals surface area contributed by atoms with Gasteiger partial charge in [0.25, 0.3) is 5.91 Å². The zero-order chi connectivity index (χ0) is 16.8. The summed E-state index contributed by atoms with van der Waals surface area (Å²) in [4.78, 5) is 14.8. The Morgan fingerprint density at radius 1 is 0.917 bits per heavy atom. The molecule has 1 aliphatic heterocycles. The van der Waals surface area contributed by atoms with Gasteiger partial charge in [0, 0.05) is 17.8 Å². The smallest absolute Gasteiger partial charge is 0.255 e. The van der Waals surface area contributed by atoms with Gasteiger partial charge in [-0.05, 0) is 62.7 Å². The Hall–Kier alpha value is -2.13. The van der Waals surface area contributed by atoms with E-state index in [1.54, 1.807) is 0 Å². The number of likely N-dealkylation sites (tertiary alicyclic amines) is 1. The van der Waals surface area contributed by atoms with E-state index in [0.29, 0.717) is 5.56 Å². The molecule has 0 radical (unpaired) electrons. The van der Waals surface area contributed by atoms with E-state index in [4.69, 9.17) is 0 Å². The van der Waals surface area contributed by atoms with Crippen LogP contribution in [0.3, 0.4) is 0 Å². The van der Waals surface area contributed by atoms with E-state index in [9.17, 15) is 4.79 Å². The Morgan fingerprint density at radius 3 is 2.17 bits per heavy atom. The summed E-state index contributed by atoms with van der Waals surface area (Å²) in [6.07, 6.45) is 5.32. The number of nitrogens with zero attached hydrogens (tertiary/aromatic N) is 1. The maximum Gasteiger partial charge on any atom is 0.255 e. The minimum Gasteiger partial charge on any atom is -0.322 e. The van der Waals surface area contributed by atoms with E-state index in [-0.39, 0.29) is 5.91 Å². The molecule has 0 atom stereocenters. The lowest BCUT2D eigenvalue weighted by Gasteiger charge is -2.19. The molecule has 2 aromatic rings. The highest BCUT2D eigenvalue weighted by Gasteiger charge is 2.10. The second kappa shape index (κ2) is 8.11. The van der Waals surface area contributed by atoms with Crippen molar-refractivity contribution in [2.24, 2.45) is 0 Å². The Balaban J connectivity index is 1.58. The summed E-state index contributed by atoms with van der Waals surface area (Å²) in [6, 6.07) is 15.9. The SMILES string of the molecule is Cc1ccc(NC(=O)c2ccc(CN3CCCCCC3)cc2)cc1. The first-order valence-electron chi connectivity index (χ1n) is 8.90. The highest BCUT2D eigenvalue weighted by Crippen LogP contribution is 2.15. The molecule has 24 heavy (non-hydrogen) atoms. The van der Waals surface area contributed by atoms with Gasteiger partial charge in [0.05, 0.1) is 0 Å². The van der Waals surface area contributed by atoms with Crippen molar-refractivity contribution in [1.29, 1.82) is 0 Å². The maximum atomic E-state index is 12.3. The van der Waals surface area contributed by atoms with Gasteiger partial charge in [-0.15, -0.1) is 0 Å². The molecular weight excluding hydrogens is 296 g/mol. The van der Waals surface area contributed by atoms with E-state index >= 15 is 0 Å². The molecule has 3 heteroatoms. The van der Waals surface area contributed by atoms with Crippen LogP contribution in [-0.2, 0) is 6.54 Å². The van der Waals surface area contributed by atoms with Crippen molar-refractivity contribution in [3.8, 4) is 0 Å². The normalized spacial score (nSPS) is 15.7. The van der Waals surface area contributed by atoms with Gasteiger partial charge in [-0.3, -0.25) is 9.69 Å². The third kappa shape index (κ3) is 4.68. The van der Waals surface area contributed by atoms with E-state index in [0.717, 1.165) is 12.2 Å². The summed E-state index contributed by atoms with van der Waals surface area (Å²) in [5.41, 5.74) is 4.00. The fraction of sp³-hybridized carbons (Fsp3) is 0.381. The monoisotopic (exact) mass is 322 g/mol. The number of carbonyl (C=O) groups is 1. The zero-order valence-electron chi connectivity index (χ0n) is 14.4. The largest absolute Gasteiger partial charge is 0.322 e. The third-order valence-electron chi connectivity index (χ3n) is 4.63. The number of aryl methyl sites for hydroxylation is 1. The van der Waals surface area contributed by atoms with Crippen molar-refractivity contribution < 1.29 is 4.79 Å². The van der Waals surface area contributed by atoms with Gasteiger partial charge in [-0.2, -0.15) is 0 Å². The summed E-state index contributed by atoms with van der Waals surface area (Å²) < 4.78 is 0. The molecule has 0 aliphatic carbocycles. The predicted molar refractivity (Wildman–Crippen MR) is 99.3 cm³/mol. The van der Waals surface area contributed by atoms with Crippen molar-refractivity contribution in [2.45, 2.75) is 39.2 Å². The van der Waals surface area contributed by atoms with E-state index in [1.807, 2.05) is 43.3 Å². The number of carbonyl (C=O) groups excluding carboxylic acids is 1. The average molecular weight is 322 g/mol. The van der Waals surface area contributed by atoms with Crippen molar-refractivity contribution >= 4 is 11.6 Å². The van der Waals surface area contributed by atoms with Crippen LogP contribution in [0, 0.1) is 6.92 Å². The summed E-state index contributed by atoms with van der Waals surface area (Å²) in [7, 11) is 0. The summed E-state index contributed by atoms with van der Waals surface area (Å²) in [6.45, 7) is 5.40. The molecule has 2 aromatic carbocycles. The van der Waals surface area contributed by atoms with Crippen LogP contribution >= 0.6 is 0 Å². The molecule has 3 rings (SSSR count). The third-order valence-corrected chi connectivity index (χ3v) is 4.63. The van der Waals surface area contributed by atoms with Crippen LogP contribution in [0.25, 0.3) is 0 Å². The molecule has 0 spiro atoms. The molecule has 126 valence electrons. The topological polar surface area (TPSA) is 32.3 Å². The average Bonchev–Trinajstić information content (AvgIpc) is 2.86. The number of rotatable bonds is 4. The van der Waals surface area contributed by atoms with Crippen molar-refractivity contribution in [2.75, 3.05) is 18.4 Å². The summed E-state index contributed by atoms with van der Waals surface area (Å²) in [5, 5.41) is 2.95. The molecule has 1 saturated heterocycles. The van der Waals surface area contributed by atoms with Crippen LogP contribution in [0.4, 0.5) is 5.69 Å². The molecule has 0 unspecified atom stereocenters. The van der Waals surface area contributed by atoms with E-state index < -0.39 is 0 Å². The quantitative estimate of drug-likeness (QED) is 0.890. The molecule has 1 amide bonds. The first-order valence-corrected chi connectivity index (χ1v) is 8.90. The number of amides is 1. The minimum atomic E-state index is -0.0554. The van der Waals surface area contributed by atoms with Crippen molar-refractivity contribution in [1.82, 2.24) is 4.90 Å². The van der Waals surface area contributed by atoms with Gasteiger partial charge in [0.15, 0.2) is 0 Å². The van der Waals surface area contributed by atoms with E-state index in [2.05, 4.69) is 22.3 Å². The molecular formula is C21H26N2O. The first kappa shape index (κ1) is 16.7. The Labute approximate surface area is 144 Å². The lowest BCUT2D eigenvalue weighted by atomic mass is 10.1. The van der Waals surface area contributed by atoms with Crippen LogP contribution in [0.5, 0.6) is 0 Å². The lowest BCUT2D eigenvalue weighted by molar-refractivity contribution is 0.102. The summed E-state index contributed by atoms with van der Waals surface area (Å²) in [5.74, 6) is -0.0554. The van der Waals surface area contributed by atoms with Gasteiger partial charge < -0.3 is 5.32 Å². The van der Waals surface area contributed by atoms with Gasteiger partial charge >= 0.3 is 0 Å². The molecule has 1 heterocycles. The molecule has 3 nitrogen and oxygen atoms in total. The molecule has 1 N–H and O–H groups in total. The highest BCUT2D eigenvalue weighted by atomic mass is 16.1. The second-order valence-corrected chi connectivity index (χ2v) is 6.71. The Morgan fingerprint density at radius 2 is 1.54 bits per heavy atom. The molecule has 0 saturated carbocycles. The fourth-order valence-corrected chi connectivity index (χ4v) is 3.15. The van der Waals surface area contributed by atoms with E-state index in [1.165, 1.54) is 49.9 Å². The summed E-state index contributed by atoms with van der Waals surface area (Å²) >= 11 is 0. The highest BCUT2D eigenvalue weighted by molar-refractivity contribution is 6.04. The number of nitrogens with one attached hydrogen (secondary N) is 1. The standard InChI is InChI=1S/C21H26N2O/c1-17-6-12-20(13-7-17)22-21(24)19-10-8-18(9-11-19)16-23-14-4-2-3-5-15-23/h6-13H,2-5,14-16H2,1H3,(H,22,24).